The maximum absolute atomic E-state index is 11.7. The molecule has 0 unspecified atom stereocenters. The zero-order valence-electron chi connectivity index (χ0n) is 17.8. The minimum Gasteiger partial charge on any atom is -0.875 e. The zero-order valence-corrected chi connectivity index (χ0v) is 18.9. The Hall–Kier alpha value is -3.26. The van der Waals surface area contributed by atoms with Crippen LogP contribution < -0.4 is 10.2 Å². The summed E-state index contributed by atoms with van der Waals surface area (Å²) in [6.45, 7) is 0. The van der Waals surface area contributed by atoms with Crippen LogP contribution >= 0.6 is 0 Å². The maximum Gasteiger partial charge on any atom is 2.00 e. The standard InChI is InChI=1S/C15H16O.C14H12O.Fe/c16-15(14-10-4-5-11-14)12-6-9-13-7-2-1-3-8-13;15-14(13-8-4-5-9-13)11-10-12-6-2-1-3-7-12;/h1-5,7-8,10-11,16H,6,9,12H2;1-11,15H;/q;;+2/p-2. The van der Waals surface area contributed by atoms with E-state index in [1.54, 1.807) is 6.08 Å². The Morgan fingerprint density at radius 3 is 1.81 bits per heavy atom. The first kappa shape index (κ1) is 25.0. The third kappa shape index (κ3) is 8.47. The molecule has 0 fully saturated rings. The van der Waals surface area contributed by atoms with Crippen molar-refractivity contribution in [2.24, 2.45) is 0 Å². The predicted octanol–water partition coefficient (Wildman–Crippen LogP) is 5.19. The normalized spacial score (nSPS) is 13.2. The molecule has 162 valence electrons. The van der Waals surface area contributed by atoms with Crippen LogP contribution in [0.5, 0.6) is 0 Å². The Morgan fingerprint density at radius 2 is 1.22 bits per heavy atom. The van der Waals surface area contributed by atoms with Crippen molar-refractivity contribution in [2.45, 2.75) is 19.3 Å². The first-order valence-corrected chi connectivity index (χ1v) is 10.5. The van der Waals surface area contributed by atoms with Gasteiger partial charge in [0.25, 0.3) is 0 Å². The van der Waals surface area contributed by atoms with Crippen LogP contribution in [0.15, 0.2) is 138 Å². The molecular formula is C29H26FeO2. The van der Waals surface area contributed by atoms with E-state index in [1.807, 2.05) is 103 Å². The average molecular weight is 462 g/mol. The summed E-state index contributed by atoms with van der Waals surface area (Å²) in [5, 5.41) is 23.3. The van der Waals surface area contributed by atoms with E-state index in [0.29, 0.717) is 6.42 Å². The number of benzene rings is 2. The van der Waals surface area contributed by atoms with Crippen LogP contribution in [-0.2, 0) is 23.5 Å². The Kier molecular flexibility index (Phi) is 10.9. The molecule has 3 heteroatoms. The number of aryl methyl sites for hydroxylation is 1. The van der Waals surface area contributed by atoms with Gasteiger partial charge in [0.2, 0.25) is 0 Å². The molecule has 0 aromatic heterocycles. The Bertz CT molecular complexity index is 1020. The van der Waals surface area contributed by atoms with Gasteiger partial charge in [-0.25, -0.2) is 0 Å². The van der Waals surface area contributed by atoms with Crippen LogP contribution in [0.3, 0.4) is 0 Å². The second-order valence-electron chi connectivity index (χ2n) is 7.22. The van der Waals surface area contributed by atoms with Crippen LogP contribution in [-0.4, -0.2) is 0 Å². The van der Waals surface area contributed by atoms with Gasteiger partial charge in [0.15, 0.2) is 0 Å². The van der Waals surface area contributed by atoms with E-state index in [4.69, 9.17) is 0 Å². The molecule has 2 aliphatic carbocycles. The summed E-state index contributed by atoms with van der Waals surface area (Å²) in [5.41, 5.74) is 3.92. The molecule has 0 N–H and O–H groups in total. The summed E-state index contributed by atoms with van der Waals surface area (Å²) in [5.74, 6) is 0.296. The maximum atomic E-state index is 11.7. The molecule has 0 atom stereocenters. The van der Waals surface area contributed by atoms with Gasteiger partial charge in [-0.1, -0.05) is 121 Å². The molecular weight excluding hydrogens is 436 g/mol. The smallest absolute Gasteiger partial charge is 0.875 e. The van der Waals surface area contributed by atoms with Crippen molar-refractivity contribution >= 4 is 6.08 Å². The molecule has 2 aromatic rings. The molecule has 0 aliphatic heterocycles. The molecule has 0 saturated heterocycles. The molecule has 2 aromatic carbocycles. The fraction of sp³-hybridized carbons (Fsp3) is 0.103. The summed E-state index contributed by atoms with van der Waals surface area (Å²) < 4.78 is 0. The molecule has 0 radical (unpaired) electrons. The molecule has 32 heavy (non-hydrogen) atoms. The van der Waals surface area contributed by atoms with Crippen molar-refractivity contribution in [3.8, 4) is 0 Å². The average Bonchev–Trinajstić information content (AvgIpc) is 3.54. The Balaban J connectivity index is 0.000000220. The van der Waals surface area contributed by atoms with Crippen LogP contribution in [0.1, 0.15) is 24.0 Å². The van der Waals surface area contributed by atoms with Gasteiger partial charge in [0, 0.05) is 0 Å². The fourth-order valence-corrected chi connectivity index (χ4v) is 3.17. The molecule has 0 bridgehead atoms. The third-order valence-corrected chi connectivity index (χ3v) is 4.87. The largest absolute Gasteiger partial charge is 2.00 e. The minimum absolute atomic E-state index is 0. The van der Waals surface area contributed by atoms with Crippen molar-refractivity contribution in [3.05, 3.63) is 149 Å². The van der Waals surface area contributed by atoms with Gasteiger partial charge in [0.1, 0.15) is 0 Å². The molecule has 2 nitrogen and oxygen atoms in total. The van der Waals surface area contributed by atoms with Crippen LogP contribution in [0, 0.1) is 0 Å². The van der Waals surface area contributed by atoms with Crippen molar-refractivity contribution in [2.75, 3.05) is 0 Å². The number of allylic oxidation sites excluding steroid dienone is 12. The van der Waals surface area contributed by atoms with E-state index < -0.39 is 0 Å². The van der Waals surface area contributed by atoms with E-state index >= 15 is 0 Å². The third-order valence-electron chi connectivity index (χ3n) is 4.87. The second kappa shape index (κ2) is 13.9. The van der Waals surface area contributed by atoms with Crippen LogP contribution in [0.25, 0.3) is 6.08 Å². The van der Waals surface area contributed by atoms with Gasteiger partial charge in [-0.15, -0.1) is 11.5 Å². The fourth-order valence-electron chi connectivity index (χ4n) is 3.17. The van der Waals surface area contributed by atoms with Gasteiger partial charge < -0.3 is 10.2 Å². The quantitative estimate of drug-likeness (QED) is 0.438. The number of hydrogen-bond acceptors (Lipinski definition) is 2. The predicted molar refractivity (Wildman–Crippen MR) is 125 cm³/mol. The van der Waals surface area contributed by atoms with Gasteiger partial charge in [-0.05, 0) is 41.5 Å². The van der Waals surface area contributed by atoms with Gasteiger partial charge in [0.05, 0.1) is 0 Å². The van der Waals surface area contributed by atoms with E-state index in [2.05, 4.69) is 12.1 Å². The topological polar surface area (TPSA) is 46.1 Å². The summed E-state index contributed by atoms with van der Waals surface area (Å²) in [6, 6.07) is 20.1. The van der Waals surface area contributed by atoms with Gasteiger partial charge in [-0.3, -0.25) is 0 Å². The number of rotatable bonds is 6. The first-order chi connectivity index (χ1) is 15.2. The van der Waals surface area contributed by atoms with E-state index in [0.717, 1.165) is 29.6 Å². The minimum atomic E-state index is 0. The molecule has 4 rings (SSSR count). The van der Waals surface area contributed by atoms with Crippen LogP contribution in [0.4, 0.5) is 0 Å². The Morgan fingerprint density at radius 1 is 0.688 bits per heavy atom. The number of hydrogen-bond donors (Lipinski definition) is 0. The molecule has 0 heterocycles. The van der Waals surface area contributed by atoms with Crippen molar-refractivity contribution in [1.29, 1.82) is 0 Å². The zero-order chi connectivity index (χ0) is 21.7. The van der Waals surface area contributed by atoms with Crippen LogP contribution in [0.2, 0.25) is 0 Å². The van der Waals surface area contributed by atoms with Gasteiger partial charge in [-0.2, -0.15) is 0 Å². The van der Waals surface area contributed by atoms with E-state index in [-0.39, 0.29) is 28.6 Å². The molecule has 2 aliphatic rings. The van der Waals surface area contributed by atoms with Crippen molar-refractivity contribution in [3.63, 3.8) is 0 Å². The summed E-state index contributed by atoms with van der Waals surface area (Å²) in [7, 11) is 0. The molecule has 0 amide bonds. The van der Waals surface area contributed by atoms with Crippen molar-refractivity contribution in [1.82, 2.24) is 0 Å². The van der Waals surface area contributed by atoms with E-state index in [9.17, 15) is 10.2 Å². The summed E-state index contributed by atoms with van der Waals surface area (Å²) in [4.78, 5) is 0. The van der Waals surface area contributed by atoms with E-state index in [1.165, 1.54) is 5.56 Å². The van der Waals surface area contributed by atoms with Gasteiger partial charge >= 0.3 is 17.1 Å². The SMILES string of the molecule is [Fe+2].[O-]C(C=Cc1ccccc1)=C1C=CC=C1.[O-]C(CCCc1ccccc1)=C1C=CC=C1. The molecule has 0 saturated carbocycles. The monoisotopic (exact) mass is 462 g/mol. The molecule has 0 spiro atoms. The van der Waals surface area contributed by atoms with Crippen molar-refractivity contribution < 1.29 is 27.3 Å². The Labute approximate surface area is 201 Å². The second-order valence-corrected chi connectivity index (χ2v) is 7.22. The summed E-state index contributed by atoms with van der Waals surface area (Å²) in [6.07, 6.45) is 20.9. The first-order valence-electron chi connectivity index (χ1n) is 10.5. The summed E-state index contributed by atoms with van der Waals surface area (Å²) >= 11 is 0.